The second-order valence-corrected chi connectivity index (χ2v) is 7.25. The molecule has 3 unspecified atom stereocenters. The zero-order valence-electron chi connectivity index (χ0n) is 13.7. The monoisotopic (exact) mass is 315 g/mol. The number of pyridine rings is 1. The van der Waals surface area contributed by atoms with Crippen molar-refractivity contribution in [1.82, 2.24) is 4.98 Å². The van der Waals surface area contributed by atoms with E-state index in [1.807, 2.05) is 36.5 Å². The van der Waals surface area contributed by atoms with Crippen molar-refractivity contribution in [3.05, 3.63) is 66.4 Å². The van der Waals surface area contributed by atoms with Gasteiger partial charge in [0, 0.05) is 11.6 Å². The third-order valence-electron chi connectivity index (χ3n) is 5.90. The Balaban J connectivity index is 1.57. The van der Waals surface area contributed by atoms with Crippen molar-refractivity contribution in [1.29, 1.82) is 0 Å². The van der Waals surface area contributed by atoms with E-state index in [9.17, 15) is 0 Å². The molecule has 0 N–H and O–H groups in total. The molecule has 2 saturated carbocycles. The van der Waals surface area contributed by atoms with Crippen molar-refractivity contribution in [3.63, 3.8) is 0 Å². The van der Waals surface area contributed by atoms with E-state index in [1.54, 1.807) is 0 Å². The first kappa shape index (κ1) is 14.0. The van der Waals surface area contributed by atoms with Gasteiger partial charge in [0.25, 0.3) is 0 Å². The summed E-state index contributed by atoms with van der Waals surface area (Å²) in [7, 11) is 0. The lowest BCUT2D eigenvalue weighted by Crippen LogP contribution is -2.09. The largest absolute Gasteiger partial charge is 0.438 e. The van der Waals surface area contributed by atoms with Crippen LogP contribution in [0.3, 0.4) is 0 Å². The highest BCUT2D eigenvalue weighted by Crippen LogP contribution is 2.54. The molecule has 2 aliphatic carbocycles. The average molecular weight is 315 g/mol. The van der Waals surface area contributed by atoms with Gasteiger partial charge < -0.3 is 4.74 Å². The summed E-state index contributed by atoms with van der Waals surface area (Å²) < 4.78 is 6.06. The number of fused-ring (bicyclic) bond motifs is 3. The summed E-state index contributed by atoms with van der Waals surface area (Å²) in [6.45, 7) is 0. The number of aromatic nitrogens is 1. The lowest BCUT2D eigenvalue weighted by molar-refractivity contribution is 0.421. The maximum atomic E-state index is 6.06. The molecule has 120 valence electrons. The van der Waals surface area contributed by atoms with Crippen molar-refractivity contribution >= 4 is 10.8 Å². The third kappa shape index (κ3) is 2.29. The van der Waals surface area contributed by atoms with Crippen LogP contribution in [-0.4, -0.2) is 4.98 Å². The Labute approximate surface area is 142 Å². The van der Waals surface area contributed by atoms with Gasteiger partial charge in [0.2, 0.25) is 5.88 Å². The van der Waals surface area contributed by atoms with Crippen LogP contribution in [0, 0.1) is 11.8 Å². The topological polar surface area (TPSA) is 22.1 Å². The Hall–Kier alpha value is -2.35. The van der Waals surface area contributed by atoms with Crippen LogP contribution in [0.2, 0.25) is 0 Å². The van der Waals surface area contributed by atoms with E-state index in [0.717, 1.165) is 28.9 Å². The summed E-state index contributed by atoms with van der Waals surface area (Å²) in [6, 6.07) is 18.7. The number of hydrogen-bond acceptors (Lipinski definition) is 2. The zero-order chi connectivity index (χ0) is 15.9. The number of benzene rings is 2. The Morgan fingerprint density at radius 2 is 1.75 bits per heavy atom. The molecule has 3 atom stereocenters. The van der Waals surface area contributed by atoms with Crippen molar-refractivity contribution in [3.8, 4) is 11.6 Å². The number of rotatable bonds is 3. The van der Waals surface area contributed by atoms with Crippen LogP contribution in [0.25, 0.3) is 10.8 Å². The molecule has 0 amide bonds. The van der Waals surface area contributed by atoms with Gasteiger partial charge in [0.15, 0.2) is 0 Å². The summed E-state index contributed by atoms with van der Waals surface area (Å²) in [4.78, 5) is 4.50. The normalized spacial score (nSPS) is 25.2. The van der Waals surface area contributed by atoms with Crippen LogP contribution in [0.4, 0.5) is 0 Å². The van der Waals surface area contributed by atoms with Gasteiger partial charge in [-0.25, -0.2) is 4.98 Å². The minimum atomic E-state index is 0.712. The molecule has 1 aromatic heterocycles. The average Bonchev–Trinajstić information content (AvgIpc) is 3.26. The Morgan fingerprint density at radius 1 is 0.833 bits per heavy atom. The van der Waals surface area contributed by atoms with Gasteiger partial charge in [0.05, 0.1) is 0 Å². The van der Waals surface area contributed by atoms with E-state index in [0.29, 0.717) is 5.88 Å². The smallest absolute Gasteiger partial charge is 0.227 e. The van der Waals surface area contributed by atoms with Crippen LogP contribution in [0.15, 0.2) is 60.8 Å². The van der Waals surface area contributed by atoms with E-state index in [1.165, 1.54) is 36.6 Å². The van der Waals surface area contributed by atoms with Crippen molar-refractivity contribution in [2.75, 3.05) is 0 Å². The molecule has 2 fully saturated rings. The quantitative estimate of drug-likeness (QED) is 0.597. The van der Waals surface area contributed by atoms with Crippen LogP contribution < -0.4 is 4.74 Å². The second-order valence-electron chi connectivity index (χ2n) is 7.25. The Bertz CT molecular complexity index is 874. The molecular weight excluding hydrogens is 294 g/mol. The molecule has 1 heterocycles. The molecule has 24 heavy (non-hydrogen) atoms. The minimum Gasteiger partial charge on any atom is -0.438 e. The van der Waals surface area contributed by atoms with Gasteiger partial charge in [-0.05, 0) is 72.2 Å². The maximum Gasteiger partial charge on any atom is 0.227 e. The van der Waals surface area contributed by atoms with Gasteiger partial charge in [-0.15, -0.1) is 0 Å². The molecule has 5 rings (SSSR count). The molecule has 2 aromatic carbocycles. The van der Waals surface area contributed by atoms with Gasteiger partial charge in [-0.1, -0.05) is 36.8 Å². The Morgan fingerprint density at radius 3 is 2.54 bits per heavy atom. The lowest BCUT2D eigenvalue weighted by atomic mass is 9.81. The van der Waals surface area contributed by atoms with Gasteiger partial charge in [-0.2, -0.15) is 0 Å². The molecule has 0 aliphatic heterocycles. The first-order valence-electron chi connectivity index (χ1n) is 8.99. The second kappa shape index (κ2) is 5.62. The van der Waals surface area contributed by atoms with Crippen LogP contribution >= 0.6 is 0 Å². The highest BCUT2D eigenvalue weighted by Gasteiger charge is 2.40. The number of para-hydroxylation sites is 1. The number of hydrogen-bond donors (Lipinski definition) is 0. The molecule has 2 nitrogen and oxygen atoms in total. The van der Waals surface area contributed by atoms with Gasteiger partial charge >= 0.3 is 0 Å². The minimum absolute atomic E-state index is 0.712. The number of nitrogens with zero attached hydrogens (tertiary/aromatic N) is 1. The standard InChI is InChI=1S/C22H21NO/c1-2-5-17(6-3-1)24-22-20-8-4-7-18(19(20)11-12-23-22)21-14-15-9-10-16(21)13-15/h1-8,11-12,15-16,21H,9-10,13-14H2. The molecular formula is C22H21NO. The summed E-state index contributed by atoms with van der Waals surface area (Å²) in [6.07, 6.45) is 7.53. The van der Waals surface area contributed by atoms with E-state index >= 15 is 0 Å². The first-order valence-corrected chi connectivity index (χ1v) is 8.99. The van der Waals surface area contributed by atoms with E-state index < -0.39 is 0 Å². The summed E-state index contributed by atoms with van der Waals surface area (Å²) in [5.41, 5.74) is 1.50. The fraction of sp³-hybridized carbons (Fsp3) is 0.318. The van der Waals surface area contributed by atoms with Crippen LogP contribution in [0.1, 0.15) is 37.2 Å². The maximum absolute atomic E-state index is 6.06. The predicted octanol–water partition coefficient (Wildman–Crippen LogP) is 5.93. The van der Waals surface area contributed by atoms with Crippen molar-refractivity contribution in [2.24, 2.45) is 11.8 Å². The van der Waals surface area contributed by atoms with Crippen LogP contribution in [0.5, 0.6) is 11.6 Å². The summed E-state index contributed by atoms with van der Waals surface area (Å²) in [5.74, 6) is 4.11. The molecule has 0 saturated heterocycles. The Kier molecular flexibility index (Phi) is 3.29. The fourth-order valence-corrected chi connectivity index (χ4v) is 4.84. The first-order chi connectivity index (χ1) is 11.9. The summed E-state index contributed by atoms with van der Waals surface area (Å²) in [5, 5.41) is 2.44. The highest BCUT2D eigenvalue weighted by molar-refractivity contribution is 5.90. The number of ether oxygens (including phenoxy) is 1. The molecule has 0 radical (unpaired) electrons. The summed E-state index contributed by atoms with van der Waals surface area (Å²) >= 11 is 0. The lowest BCUT2D eigenvalue weighted by Gasteiger charge is -2.23. The molecule has 2 heteroatoms. The van der Waals surface area contributed by atoms with Gasteiger partial charge in [-0.3, -0.25) is 0 Å². The third-order valence-corrected chi connectivity index (χ3v) is 5.90. The van der Waals surface area contributed by atoms with E-state index in [2.05, 4.69) is 29.2 Å². The van der Waals surface area contributed by atoms with Crippen molar-refractivity contribution < 1.29 is 4.74 Å². The zero-order valence-corrected chi connectivity index (χ0v) is 13.7. The fourth-order valence-electron chi connectivity index (χ4n) is 4.84. The molecule has 3 aromatic rings. The van der Waals surface area contributed by atoms with E-state index in [-0.39, 0.29) is 0 Å². The SMILES string of the molecule is c1ccc(Oc2nccc3c(C4CC5CCC4C5)cccc23)cc1. The molecule has 2 aliphatic rings. The predicted molar refractivity (Wildman–Crippen MR) is 96.4 cm³/mol. The molecule has 0 spiro atoms. The van der Waals surface area contributed by atoms with Gasteiger partial charge in [0.1, 0.15) is 5.75 Å². The highest BCUT2D eigenvalue weighted by atomic mass is 16.5. The van der Waals surface area contributed by atoms with E-state index in [4.69, 9.17) is 4.74 Å². The van der Waals surface area contributed by atoms with Crippen LogP contribution in [-0.2, 0) is 0 Å². The molecule has 2 bridgehead atoms. The van der Waals surface area contributed by atoms with Crippen molar-refractivity contribution in [2.45, 2.75) is 31.6 Å².